The van der Waals surface area contributed by atoms with E-state index in [1.54, 1.807) is 12.1 Å². The van der Waals surface area contributed by atoms with E-state index in [0.29, 0.717) is 5.92 Å². The topological polar surface area (TPSA) is 125 Å². The molecule has 0 heterocycles. The van der Waals surface area contributed by atoms with E-state index in [2.05, 4.69) is 17.0 Å². The highest BCUT2D eigenvalue weighted by atomic mass is 32.2. The third-order valence-electron chi connectivity index (χ3n) is 4.82. The van der Waals surface area contributed by atoms with Crippen LogP contribution in [0.1, 0.15) is 45.1 Å². The van der Waals surface area contributed by atoms with Gasteiger partial charge in [0.15, 0.2) is 6.10 Å². The van der Waals surface area contributed by atoms with Crippen LogP contribution in [0.2, 0.25) is 0 Å². The molecule has 1 fully saturated rings. The van der Waals surface area contributed by atoms with Crippen molar-refractivity contribution in [3.63, 3.8) is 0 Å². The predicted molar refractivity (Wildman–Crippen MR) is 101 cm³/mol. The van der Waals surface area contributed by atoms with Crippen LogP contribution in [-0.2, 0) is 24.3 Å². The molecule has 0 aliphatic heterocycles. The lowest BCUT2D eigenvalue weighted by Gasteiger charge is -2.30. The highest BCUT2D eigenvalue weighted by Crippen LogP contribution is 2.23. The average Bonchev–Trinajstić information content (AvgIpc) is 2.68. The molecule has 0 saturated heterocycles. The number of carbonyl (C=O) groups is 2. The number of nitrogens with one attached hydrogen (secondary N) is 2. The lowest BCUT2D eigenvalue weighted by atomic mass is 9.86. The standard InChI is InChI=1S/C19H25N3O5S/c1-13-7-3-5-9-16(13)22-19(24)14(2)27-18(23)12-21-28(25,26)17-10-6-4-8-15(17)11-20/h4,6,8,10,13-14,16,21H,3,5,7,9,12H2,1-2H3,(H,22,24)/t13-,14+,16-/m0/s1. The van der Waals surface area contributed by atoms with E-state index in [0.717, 1.165) is 25.7 Å². The zero-order valence-corrected chi connectivity index (χ0v) is 16.8. The molecule has 152 valence electrons. The number of hydrogen-bond donors (Lipinski definition) is 2. The molecular weight excluding hydrogens is 382 g/mol. The van der Waals surface area contributed by atoms with Crippen LogP contribution in [-0.4, -0.2) is 39.0 Å². The Morgan fingerprint density at radius 3 is 2.64 bits per heavy atom. The molecule has 0 radical (unpaired) electrons. The molecule has 1 aliphatic carbocycles. The molecule has 1 aliphatic rings. The number of rotatable bonds is 7. The quantitative estimate of drug-likeness (QED) is 0.659. The van der Waals surface area contributed by atoms with Gasteiger partial charge in [0.1, 0.15) is 12.6 Å². The summed E-state index contributed by atoms with van der Waals surface area (Å²) in [5, 5.41) is 11.9. The van der Waals surface area contributed by atoms with Crippen molar-refractivity contribution in [1.82, 2.24) is 10.0 Å². The van der Waals surface area contributed by atoms with Crippen LogP contribution in [0.15, 0.2) is 29.2 Å². The molecule has 3 atom stereocenters. The normalized spacial score (nSPS) is 20.6. The number of nitrogens with zero attached hydrogens (tertiary/aromatic N) is 1. The van der Waals surface area contributed by atoms with E-state index < -0.39 is 34.5 Å². The molecule has 2 rings (SSSR count). The van der Waals surface area contributed by atoms with Crippen LogP contribution in [0.25, 0.3) is 0 Å². The monoisotopic (exact) mass is 407 g/mol. The second kappa shape index (κ2) is 9.66. The first kappa shape index (κ1) is 21.9. The molecule has 2 N–H and O–H groups in total. The number of sulfonamides is 1. The number of esters is 1. The molecule has 1 aromatic rings. The third-order valence-corrected chi connectivity index (χ3v) is 6.28. The highest BCUT2D eigenvalue weighted by Gasteiger charge is 2.27. The van der Waals surface area contributed by atoms with Crippen molar-refractivity contribution in [2.24, 2.45) is 5.92 Å². The van der Waals surface area contributed by atoms with Crippen LogP contribution in [0.4, 0.5) is 0 Å². The van der Waals surface area contributed by atoms with E-state index in [1.165, 1.54) is 25.1 Å². The fraction of sp³-hybridized carbons (Fsp3) is 0.526. The van der Waals surface area contributed by atoms with Crippen molar-refractivity contribution in [3.05, 3.63) is 29.8 Å². The SMILES string of the molecule is C[C@@H](OC(=O)CNS(=O)(=O)c1ccccc1C#N)C(=O)N[C@H]1CCCC[C@@H]1C. The van der Waals surface area contributed by atoms with E-state index in [1.807, 2.05) is 0 Å². The molecule has 28 heavy (non-hydrogen) atoms. The number of nitriles is 1. The summed E-state index contributed by atoms with van der Waals surface area (Å²) in [4.78, 5) is 24.0. The average molecular weight is 407 g/mol. The molecule has 0 bridgehead atoms. The minimum absolute atomic E-state index is 0.0299. The van der Waals surface area contributed by atoms with E-state index in [4.69, 9.17) is 10.00 Å². The minimum Gasteiger partial charge on any atom is -0.452 e. The Labute approximate surface area is 165 Å². The van der Waals surface area contributed by atoms with E-state index >= 15 is 0 Å². The predicted octanol–water partition coefficient (Wildman–Crippen LogP) is 1.46. The van der Waals surface area contributed by atoms with Gasteiger partial charge in [-0.25, -0.2) is 8.42 Å². The second-order valence-electron chi connectivity index (χ2n) is 6.94. The van der Waals surface area contributed by atoms with Crippen LogP contribution < -0.4 is 10.0 Å². The molecule has 1 aromatic carbocycles. The lowest BCUT2D eigenvalue weighted by molar-refractivity contribution is -0.154. The van der Waals surface area contributed by atoms with E-state index in [9.17, 15) is 18.0 Å². The van der Waals surface area contributed by atoms with Crippen LogP contribution in [0.5, 0.6) is 0 Å². The fourth-order valence-corrected chi connectivity index (χ4v) is 4.27. The maximum absolute atomic E-state index is 12.3. The van der Waals surface area contributed by atoms with Crippen molar-refractivity contribution in [2.75, 3.05) is 6.54 Å². The summed E-state index contributed by atoms with van der Waals surface area (Å²) in [7, 11) is -4.06. The smallest absolute Gasteiger partial charge is 0.321 e. The van der Waals surface area contributed by atoms with Crippen LogP contribution >= 0.6 is 0 Å². The summed E-state index contributed by atoms with van der Waals surface area (Å²) in [6.45, 7) is 2.88. The van der Waals surface area contributed by atoms with Gasteiger partial charge in [-0.3, -0.25) is 9.59 Å². The Kier molecular flexibility index (Phi) is 7.54. The Morgan fingerprint density at radius 1 is 1.29 bits per heavy atom. The zero-order chi connectivity index (χ0) is 20.7. The first-order valence-electron chi connectivity index (χ1n) is 9.23. The summed E-state index contributed by atoms with van der Waals surface area (Å²) in [5.41, 5.74) is -0.0299. The van der Waals surface area contributed by atoms with Crippen LogP contribution in [0, 0.1) is 17.2 Å². The summed E-state index contributed by atoms with van der Waals surface area (Å²) in [5.74, 6) is -0.908. The first-order valence-corrected chi connectivity index (χ1v) is 10.7. The fourth-order valence-electron chi connectivity index (χ4n) is 3.15. The van der Waals surface area contributed by atoms with Gasteiger partial charge in [-0.15, -0.1) is 0 Å². The Hall–Kier alpha value is -2.44. The number of amides is 1. The number of carbonyl (C=O) groups excluding carboxylic acids is 2. The van der Waals surface area contributed by atoms with E-state index in [-0.39, 0.29) is 16.5 Å². The maximum atomic E-state index is 12.3. The molecule has 0 spiro atoms. The van der Waals surface area contributed by atoms with Gasteiger partial charge in [0, 0.05) is 6.04 Å². The summed E-state index contributed by atoms with van der Waals surface area (Å²) in [6, 6.07) is 7.51. The summed E-state index contributed by atoms with van der Waals surface area (Å²) in [6.07, 6.45) is 3.11. The Bertz CT molecular complexity index is 863. The molecular formula is C19H25N3O5S. The largest absolute Gasteiger partial charge is 0.452 e. The van der Waals surface area contributed by atoms with Gasteiger partial charge in [-0.1, -0.05) is 31.9 Å². The Morgan fingerprint density at radius 2 is 1.96 bits per heavy atom. The maximum Gasteiger partial charge on any atom is 0.321 e. The van der Waals surface area contributed by atoms with Crippen molar-refractivity contribution in [1.29, 1.82) is 5.26 Å². The number of hydrogen-bond acceptors (Lipinski definition) is 6. The summed E-state index contributed by atoms with van der Waals surface area (Å²) >= 11 is 0. The number of benzene rings is 1. The molecule has 8 nitrogen and oxygen atoms in total. The van der Waals surface area contributed by atoms with Gasteiger partial charge in [0.2, 0.25) is 10.0 Å². The van der Waals surface area contributed by atoms with Crippen molar-refractivity contribution < 1.29 is 22.7 Å². The Balaban J connectivity index is 1.87. The van der Waals surface area contributed by atoms with Crippen molar-refractivity contribution in [3.8, 4) is 6.07 Å². The highest BCUT2D eigenvalue weighted by molar-refractivity contribution is 7.89. The minimum atomic E-state index is -4.06. The molecule has 9 heteroatoms. The first-order chi connectivity index (χ1) is 13.2. The molecule has 0 aromatic heterocycles. The molecule has 1 saturated carbocycles. The van der Waals surface area contributed by atoms with Crippen molar-refractivity contribution >= 4 is 21.9 Å². The van der Waals surface area contributed by atoms with Gasteiger partial charge in [-0.2, -0.15) is 9.98 Å². The molecule has 1 amide bonds. The zero-order valence-electron chi connectivity index (χ0n) is 16.0. The van der Waals surface area contributed by atoms with Gasteiger partial charge in [0.25, 0.3) is 5.91 Å². The number of ether oxygens (including phenoxy) is 1. The molecule has 0 unspecified atom stereocenters. The lowest BCUT2D eigenvalue weighted by Crippen LogP contribution is -2.46. The summed E-state index contributed by atoms with van der Waals surface area (Å²) < 4.78 is 31.7. The van der Waals surface area contributed by atoms with Gasteiger partial charge >= 0.3 is 5.97 Å². The second-order valence-corrected chi connectivity index (χ2v) is 8.68. The van der Waals surface area contributed by atoms with Crippen LogP contribution in [0.3, 0.4) is 0 Å². The van der Waals surface area contributed by atoms with Gasteiger partial charge < -0.3 is 10.1 Å². The van der Waals surface area contributed by atoms with Gasteiger partial charge in [-0.05, 0) is 37.8 Å². The third kappa shape index (κ3) is 5.78. The van der Waals surface area contributed by atoms with Gasteiger partial charge in [0.05, 0.1) is 10.5 Å². The van der Waals surface area contributed by atoms with Crippen molar-refractivity contribution in [2.45, 2.75) is 56.6 Å².